The van der Waals surface area contributed by atoms with Crippen LogP contribution in [0.1, 0.15) is 36.6 Å². The summed E-state index contributed by atoms with van der Waals surface area (Å²) in [5, 5.41) is 1.94. The number of imide groups is 1. The van der Waals surface area contributed by atoms with Gasteiger partial charge in [-0.1, -0.05) is 54.6 Å². The van der Waals surface area contributed by atoms with Crippen LogP contribution in [0.4, 0.5) is 0 Å². The number of ether oxygens (including phenoxy) is 1. The Kier molecular flexibility index (Phi) is 5.67. The highest BCUT2D eigenvalue weighted by molar-refractivity contribution is 6.08. The number of esters is 1. The first-order valence-electron chi connectivity index (χ1n) is 10.9. The largest absolute Gasteiger partial charge is 0.461 e. The first-order valence-corrected chi connectivity index (χ1v) is 10.9. The van der Waals surface area contributed by atoms with Crippen LogP contribution >= 0.6 is 0 Å². The predicted octanol–water partition coefficient (Wildman–Crippen LogP) is 1.78. The predicted molar refractivity (Wildman–Crippen MR) is 115 cm³/mol. The van der Waals surface area contributed by atoms with Crippen LogP contribution < -0.4 is 5.32 Å². The molecule has 2 amide bonds. The molecule has 31 heavy (non-hydrogen) atoms. The molecule has 2 aliphatic rings. The summed E-state index contributed by atoms with van der Waals surface area (Å²) in [7, 11) is 0. The zero-order valence-electron chi connectivity index (χ0n) is 18.2. The van der Waals surface area contributed by atoms with Crippen molar-refractivity contribution in [1.82, 2.24) is 4.90 Å². The first-order chi connectivity index (χ1) is 14.9. The molecular formula is C25H29N2O4+. The number of hydrogen-bond acceptors (Lipinski definition) is 4. The zero-order valence-corrected chi connectivity index (χ0v) is 18.2. The number of quaternary nitrogens is 1. The number of likely N-dealkylation sites (tertiary alicyclic amines) is 1. The maximum absolute atomic E-state index is 13.5. The third-order valence-electron chi connectivity index (χ3n) is 6.72. The summed E-state index contributed by atoms with van der Waals surface area (Å²) < 4.78 is 5.52. The third-order valence-corrected chi connectivity index (χ3v) is 6.72. The van der Waals surface area contributed by atoms with E-state index in [1.807, 2.05) is 66.8 Å². The Morgan fingerprint density at radius 2 is 1.71 bits per heavy atom. The highest BCUT2D eigenvalue weighted by atomic mass is 16.5. The van der Waals surface area contributed by atoms with E-state index in [4.69, 9.17) is 4.74 Å². The van der Waals surface area contributed by atoms with Gasteiger partial charge in [0.25, 0.3) is 0 Å². The van der Waals surface area contributed by atoms with E-state index < -0.39 is 23.3 Å². The van der Waals surface area contributed by atoms with E-state index in [9.17, 15) is 14.4 Å². The first kappa shape index (κ1) is 21.2. The van der Waals surface area contributed by atoms with Crippen molar-refractivity contribution in [3.8, 4) is 0 Å². The summed E-state index contributed by atoms with van der Waals surface area (Å²) in [5.74, 6) is -2.25. The van der Waals surface area contributed by atoms with Crippen LogP contribution in [0.15, 0.2) is 54.6 Å². The molecule has 2 N–H and O–H groups in total. The van der Waals surface area contributed by atoms with Gasteiger partial charge in [0.1, 0.15) is 17.9 Å². The fourth-order valence-electron chi connectivity index (χ4n) is 5.37. The number of carbonyl (C=O) groups is 3. The molecule has 2 aliphatic heterocycles. The Hall–Kier alpha value is -2.99. The molecule has 0 unspecified atom stereocenters. The van der Waals surface area contributed by atoms with E-state index in [1.165, 1.54) is 4.90 Å². The Labute approximate surface area is 182 Å². The summed E-state index contributed by atoms with van der Waals surface area (Å²) in [6, 6.07) is 17.2. The van der Waals surface area contributed by atoms with E-state index in [1.54, 1.807) is 13.8 Å². The smallest absolute Gasteiger partial charge is 0.369 e. The van der Waals surface area contributed by atoms with Crippen molar-refractivity contribution in [2.24, 2.45) is 11.8 Å². The van der Waals surface area contributed by atoms with Crippen molar-refractivity contribution < 1.29 is 24.4 Å². The molecule has 0 saturated carbocycles. The van der Waals surface area contributed by atoms with Crippen molar-refractivity contribution in [3.63, 3.8) is 0 Å². The summed E-state index contributed by atoms with van der Waals surface area (Å²) >= 11 is 0. The summed E-state index contributed by atoms with van der Waals surface area (Å²) in [5.41, 5.74) is 1.77. The van der Waals surface area contributed by atoms with Gasteiger partial charge in [-0.25, -0.2) is 4.79 Å². The van der Waals surface area contributed by atoms with Crippen molar-refractivity contribution in [2.45, 2.75) is 38.8 Å². The Balaban J connectivity index is 1.89. The van der Waals surface area contributed by atoms with E-state index in [-0.39, 0.29) is 24.5 Å². The van der Waals surface area contributed by atoms with Gasteiger partial charge in [0.15, 0.2) is 0 Å². The number of aryl methyl sites for hydroxylation is 1. The van der Waals surface area contributed by atoms with Gasteiger partial charge in [-0.05, 0) is 31.9 Å². The molecule has 4 atom stereocenters. The number of carbonyl (C=O) groups excluding carboxylic acids is 3. The minimum atomic E-state index is -1.19. The zero-order chi connectivity index (χ0) is 22.2. The highest BCUT2D eigenvalue weighted by Crippen LogP contribution is 2.46. The Morgan fingerprint density at radius 3 is 2.35 bits per heavy atom. The topological polar surface area (TPSA) is 80.3 Å². The monoisotopic (exact) mass is 421 g/mol. The van der Waals surface area contributed by atoms with Gasteiger partial charge in [-0.15, -0.1) is 0 Å². The van der Waals surface area contributed by atoms with Crippen LogP contribution in [0.5, 0.6) is 0 Å². The highest BCUT2D eigenvalue weighted by Gasteiger charge is 2.72. The van der Waals surface area contributed by atoms with Crippen LogP contribution in [-0.4, -0.2) is 41.4 Å². The molecule has 162 valence electrons. The average Bonchev–Trinajstić information content (AvgIpc) is 3.23. The lowest BCUT2D eigenvalue weighted by atomic mass is 9.76. The van der Waals surface area contributed by atoms with Gasteiger partial charge in [-0.3, -0.25) is 14.5 Å². The maximum atomic E-state index is 13.5. The van der Waals surface area contributed by atoms with Crippen molar-refractivity contribution in [2.75, 3.05) is 13.2 Å². The van der Waals surface area contributed by atoms with E-state index in [2.05, 4.69) is 0 Å². The van der Waals surface area contributed by atoms with Crippen molar-refractivity contribution >= 4 is 17.8 Å². The molecule has 0 bridgehead atoms. The van der Waals surface area contributed by atoms with Gasteiger partial charge in [0.2, 0.25) is 17.4 Å². The lowest BCUT2D eigenvalue weighted by Gasteiger charge is -2.30. The molecule has 2 saturated heterocycles. The second-order valence-corrected chi connectivity index (χ2v) is 8.40. The lowest BCUT2D eigenvalue weighted by Crippen LogP contribution is -2.98. The standard InChI is InChI=1S/C25H28N2O4/c1-4-27-22(28)19-20(23(27)29)25(24(30)31-5-2,15-17-12-7-6-8-13-17)26-21(19)18-14-10-9-11-16(18)3/h6-14,19-21,26H,4-5,15H2,1-3H3/p+1/t19-,20+,21+,25+/m0/s1. The van der Waals surface area contributed by atoms with Gasteiger partial charge in [-0.2, -0.15) is 0 Å². The minimum absolute atomic E-state index is 0.193. The molecule has 6 heteroatoms. The normalized spacial score (nSPS) is 27.5. The maximum Gasteiger partial charge on any atom is 0.369 e. The van der Waals surface area contributed by atoms with Crippen molar-refractivity contribution in [1.29, 1.82) is 0 Å². The number of amides is 2. The van der Waals surface area contributed by atoms with E-state index in [0.29, 0.717) is 13.0 Å². The Morgan fingerprint density at radius 1 is 1.03 bits per heavy atom. The molecular weight excluding hydrogens is 392 g/mol. The number of nitrogens with two attached hydrogens (primary N) is 1. The molecule has 6 nitrogen and oxygen atoms in total. The molecule has 0 spiro atoms. The molecule has 0 radical (unpaired) electrons. The average molecular weight is 422 g/mol. The summed E-state index contributed by atoms with van der Waals surface area (Å²) in [6.07, 6.45) is 0.326. The van der Waals surface area contributed by atoms with Crippen LogP contribution in [0.3, 0.4) is 0 Å². The van der Waals surface area contributed by atoms with Gasteiger partial charge >= 0.3 is 5.97 Å². The molecule has 0 aliphatic carbocycles. The quantitative estimate of drug-likeness (QED) is 0.570. The van der Waals surface area contributed by atoms with Gasteiger partial charge < -0.3 is 10.1 Å². The molecule has 4 rings (SSSR count). The number of nitrogens with zero attached hydrogens (tertiary/aromatic N) is 1. The van der Waals surface area contributed by atoms with E-state index in [0.717, 1.165) is 16.7 Å². The van der Waals surface area contributed by atoms with Crippen LogP contribution in [0, 0.1) is 18.8 Å². The minimum Gasteiger partial charge on any atom is -0.461 e. The van der Waals surface area contributed by atoms with Crippen molar-refractivity contribution in [3.05, 3.63) is 71.3 Å². The number of fused-ring (bicyclic) bond motifs is 1. The molecule has 2 fully saturated rings. The van der Waals surface area contributed by atoms with E-state index >= 15 is 0 Å². The Bertz CT molecular complexity index is 1010. The van der Waals surface area contributed by atoms with Crippen LogP contribution in [0.25, 0.3) is 0 Å². The third kappa shape index (κ3) is 3.35. The number of rotatable bonds is 6. The second kappa shape index (κ2) is 8.27. The molecule has 2 heterocycles. The summed E-state index contributed by atoms with van der Waals surface area (Å²) in [6.45, 7) is 6.08. The van der Waals surface area contributed by atoms with Crippen LogP contribution in [0.2, 0.25) is 0 Å². The SMILES string of the molecule is CCOC(=O)[C@]1(Cc2ccccc2)[NH2+][C@H](c2ccccc2C)[C@H]2C(=O)N(CC)C(=O)[C@@H]21. The molecule has 0 aromatic heterocycles. The second-order valence-electron chi connectivity index (χ2n) is 8.40. The molecule has 2 aromatic rings. The number of hydrogen-bond donors (Lipinski definition) is 1. The number of benzene rings is 2. The fraction of sp³-hybridized carbons (Fsp3) is 0.400. The van der Waals surface area contributed by atoms with Gasteiger partial charge in [0, 0.05) is 18.5 Å². The lowest BCUT2D eigenvalue weighted by molar-refractivity contribution is -0.734. The molecule has 2 aromatic carbocycles. The van der Waals surface area contributed by atoms with Crippen LogP contribution in [-0.2, 0) is 25.5 Å². The van der Waals surface area contributed by atoms with Gasteiger partial charge in [0.05, 0.1) is 6.61 Å². The summed E-state index contributed by atoms with van der Waals surface area (Å²) in [4.78, 5) is 41.7. The fourth-order valence-corrected chi connectivity index (χ4v) is 5.37.